The minimum Gasteiger partial charge on any atom is -0.298 e. The maximum Gasteiger partial charge on any atom is 0.145 e. The van der Waals surface area contributed by atoms with Crippen LogP contribution >= 0.6 is 0 Å². The first-order valence-electron chi connectivity index (χ1n) is 4.38. The summed E-state index contributed by atoms with van der Waals surface area (Å²) in [5.41, 5.74) is 2.36. The maximum atomic E-state index is 10.4. The third-order valence-corrected chi connectivity index (χ3v) is 2.61. The topological polar surface area (TPSA) is 17.1 Å². The Morgan fingerprint density at radius 2 is 2.00 bits per heavy atom. The normalized spacial score (nSPS) is 24.9. The highest BCUT2D eigenvalue weighted by Crippen LogP contribution is 2.28. The largest absolute Gasteiger partial charge is 0.298 e. The van der Waals surface area contributed by atoms with Gasteiger partial charge in [-0.25, -0.2) is 0 Å². The first kappa shape index (κ1) is 8.51. The molecule has 0 radical (unpaired) electrons. The van der Waals surface area contributed by atoms with Gasteiger partial charge in [-0.2, -0.15) is 0 Å². The zero-order valence-corrected chi connectivity index (χ0v) is 7.39. The molecule has 1 fully saturated rings. The Kier molecular flexibility index (Phi) is 2.86. The lowest BCUT2D eigenvalue weighted by atomic mass is 9.85. The van der Waals surface area contributed by atoms with Gasteiger partial charge in [0.15, 0.2) is 0 Å². The molecular formula is C10H16O. The average molecular weight is 152 g/mol. The molecule has 0 saturated heterocycles. The summed E-state index contributed by atoms with van der Waals surface area (Å²) >= 11 is 0. The summed E-state index contributed by atoms with van der Waals surface area (Å²) in [6.45, 7) is 4.21. The van der Waals surface area contributed by atoms with Crippen LogP contribution in [0.2, 0.25) is 0 Å². The molecule has 0 aromatic rings. The summed E-state index contributed by atoms with van der Waals surface area (Å²) in [7, 11) is 0. The number of hydrogen-bond donors (Lipinski definition) is 0. The summed E-state index contributed by atoms with van der Waals surface area (Å²) in [4.78, 5) is 10.4. The first-order chi connectivity index (χ1) is 5.24. The van der Waals surface area contributed by atoms with Gasteiger partial charge in [-0.1, -0.05) is 12.5 Å². The van der Waals surface area contributed by atoms with Gasteiger partial charge < -0.3 is 0 Å². The van der Waals surface area contributed by atoms with Crippen molar-refractivity contribution >= 4 is 6.29 Å². The van der Waals surface area contributed by atoms with Gasteiger partial charge >= 0.3 is 0 Å². The van der Waals surface area contributed by atoms with E-state index in [1.165, 1.54) is 18.4 Å². The van der Waals surface area contributed by atoms with Gasteiger partial charge in [0.05, 0.1) is 0 Å². The molecule has 0 unspecified atom stereocenters. The van der Waals surface area contributed by atoms with Gasteiger partial charge in [0, 0.05) is 0 Å². The van der Waals surface area contributed by atoms with Crippen molar-refractivity contribution < 1.29 is 4.79 Å². The summed E-state index contributed by atoms with van der Waals surface area (Å²) in [5, 5.41) is 0. The molecular weight excluding hydrogens is 136 g/mol. The van der Waals surface area contributed by atoms with Gasteiger partial charge in [0.25, 0.3) is 0 Å². The molecule has 1 nitrogen and oxygen atoms in total. The Morgan fingerprint density at radius 1 is 1.45 bits per heavy atom. The molecule has 1 heteroatoms. The van der Waals surface area contributed by atoms with Crippen LogP contribution in [0.4, 0.5) is 0 Å². The Labute approximate surface area is 68.5 Å². The lowest BCUT2D eigenvalue weighted by Gasteiger charge is -2.20. The Morgan fingerprint density at radius 3 is 2.45 bits per heavy atom. The van der Waals surface area contributed by atoms with Crippen molar-refractivity contribution in [2.24, 2.45) is 5.92 Å². The van der Waals surface area contributed by atoms with Gasteiger partial charge in [-0.05, 0) is 44.1 Å². The van der Waals surface area contributed by atoms with Gasteiger partial charge in [0.1, 0.15) is 6.29 Å². The van der Waals surface area contributed by atoms with Gasteiger partial charge in [0.2, 0.25) is 0 Å². The Hall–Kier alpha value is -0.590. The molecule has 1 rings (SSSR count). The lowest BCUT2D eigenvalue weighted by Crippen LogP contribution is -2.05. The van der Waals surface area contributed by atoms with E-state index in [-0.39, 0.29) is 0 Å². The van der Waals surface area contributed by atoms with E-state index in [1.807, 2.05) is 6.92 Å². The summed E-state index contributed by atoms with van der Waals surface area (Å²) < 4.78 is 0. The quantitative estimate of drug-likeness (QED) is 0.417. The van der Waals surface area contributed by atoms with Crippen molar-refractivity contribution in [3.05, 3.63) is 11.1 Å². The third kappa shape index (κ3) is 2.18. The van der Waals surface area contributed by atoms with E-state index in [1.54, 1.807) is 0 Å². The summed E-state index contributed by atoms with van der Waals surface area (Å²) in [5.74, 6) is 0.859. The van der Waals surface area contributed by atoms with Crippen LogP contribution < -0.4 is 0 Å². The van der Waals surface area contributed by atoms with E-state index in [0.717, 1.165) is 30.6 Å². The zero-order chi connectivity index (χ0) is 8.27. The molecule has 1 aliphatic carbocycles. The van der Waals surface area contributed by atoms with Crippen molar-refractivity contribution in [3.8, 4) is 0 Å². The van der Waals surface area contributed by atoms with Crippen LogP contribution in [-0.2, 0) is 4.79 Å². The minimum absolute atomic E-state index is 0.859. The second kappa shape index (κ2) is 3.70. The van der Waals surface area contributed by atoms with Crippen molar-refractivity contribution in [2.45, 2.75) is 39.5 Å². The van der Waals surface area contributed by atoms with Crippen LogP contribution in [0.3, 0.4) is 0 Å². The number of rotatable bonds is 1. The van der Waals surface area contributed by atoms with Crippen LogP contribution in [0.15, 0.2) is 11.1 Å². The van der Waals surface area contributed by atoms with E-state index < -0.39 is 0 Å². The molecule has 0 N–H and O–H groups in total. The van der Waals surface area contributed by atoms with E-state index >= 15 is 0 Å². The fraction of sp³-hybridized carbons (Fsp3) is 0.700. The smallest absolute Gasteiger partial charge is 0.145 e. The molecule has 1 saturated carbocycles. The molecule has 0 bridgehead atoms. The fourth-order valence-electron chi connectivity index (χ4n) is 1.59. The van der Waals surface area contributed by atoms with Crippen molar-refractivity contribution in [3.63, 3.8) is 0 Å². The monoisotopic (exact) mass is 152 g/mol. The summed E-state index contributed by atoms with van der Waals surface area (Å²) in [6, 6.07) is 0. The Balaban J connectivity index is 2.57. The maximum absolute atomic E-state index is 10.4. The molecule has 0 heterocycles. The highest BCUT2D eigenvalue weighted by Gasteiger charge is 2.13. The van der Waals surface area contributed by atoms with Crippen LogP contribution in [0.1, 0.15) is 39.5 Å². The highest BCUT2D eigenvalue weighted by molar-refractivity contribution is 5.73. The van der Waals surface area contributed by atoms with Crippen LogP contribution in [0.25, 0.3) is 0 Å². The molecule has 0 aromatic carbocycles. The van der Waals surface area contributed by atoms with E-state index in [0.29, 0.717) is 0 Å². The molecule has 0 amide bonds. The van der Waals surface area contributed by atoms with Crippen LogP contribution in [0, 0.1) is 5.92 Å². The lowest BCUT2D eigenvalue weighted by molar-refractivity contribution is -0.104. The predicted molar refractivity (Wildman–Crippen MR) is 46.4 cm³/mol. The molecule has 0 atom stereocenters. The number of hydrogen-bond acceptors (Lipinski definition) is 1. The number of aldehydes is 1. The number of carbonyl (C=O) groups is 1. The first-order valence-corrected chi connectivity index (χ1v) is 4.38. The molecule has 62 valence electrons. The van der Waals surface area contributed by atoms with Crippen molar-refractivity contribution in [1.82, 2.24) is 0 Å². The number of carbonyl (C=O) groups excluding carboxylic acids is 1. The fourth-order valence-corrected chi connectivity index (χ4v) is 1.59. The SMILES string of the molecule is CC(C=O)=C1CCC(C)CC1. The van der Waals surface area contributed by atoms with E-state index in [9.17, 15) is 4.79 Å². The second-order valence-corrected chi connectivity index (χ2v) is 3.59. The minimum atomic E-state index is 0.859. The van der Waals surface area contributed by atoms with E-state index in [2.05, 4.69) is 6.92 Å². The summed E-state index contributed by atoms with van der Waals surface area (Å²) in [6.07, 6.45) is 5.81. The second-order valence-electron chi connectivity index (χ2n) is 3.59. The molecule has 0 spiro atoms. The standard InChI is InChI=1S/C10H16O/c1-8-3-5-10(6-4-8)9(2)7-11/h7-8H,3-6H2,1-2H3. The highest BCUT2D eigenvalue weighted by atomic mass is 16.1. The average Bonchev–Trinajstić information content (AvgIpc) is 2.05. The molecule has 1 aliphatic rings. The molecule has 0 aliphatic heterocycles. The van der Waals surface area contributed by atoms with Gasteiger partial charge in [-0.3, -0.25) is 4.79 Å². The van der Waals surface area contributed by atoms with Crippen LogP contribution in [0.5, 0.6) is 0 Å². The number of allylic oxidation sites excluding steroid dienone is 2. The van der Waals surface area contributed by atoms with E-state index in [4.69, 9.17) is 0 Å². The zero-order valence-electron chi connectivity index (χ0n) is 7.39. The van der Waals surface area contributed by atoms with Crippen molar-refractivity contribution in [1.29, 1.82) is 0 Å². The third-order valence-electron chi connectivity index (χ3n) is 2.61. The molecule has 0 aromatic heterocycles. The molecule has 11 heavy (non-hydrogen) atoms. The van der Waals surface area contributed by atoms with Crippen molar-refractivity contribution in [2.75, 3.05) is 0 Å². The Bertz CT molecular complexity index is 169. The van der Waals surface area contributed by atoms with Gasteiger partial charge in [-0.15, -0.1) is 0 Å². The predicted octanol–water partition coefficient (Wildman–Crippen LogP) is 2.71. The van der Waals surface area contributed by atoms with Crippen LogP contribution in [-0.4, -0.2) is 6.29 Å².